The van der Waals surface area contributed by atoms with Gasteiger partial charge in [-0.3, -0.25) is 0 Å². The van der Waals surface area contributed by atoms with Gasteiger partial charge in [0.25, 0.3) is 6.48 Å². The number of rotatable bonds is 30. The largest absolute Gasteiger partial charge is 0.375 e. The third-order valence-corrected chi connectivity index (χ3v) is 4.92. The minimum atomic E-state index is -0.783. The summed E-state index contributed by atoms with van der Waals surface area (Å²) in [5.74, 6) is 0. The molecule has 0 heterocycles. The second kappa shape index (κ2) is 32.2. The smallest absolute Gasteiger partial charge is 0.271 e. The maximum Gasteiger partial charge on any atom is 0.271 e. The summed E-state index contributed by atoms with van der Waals surface area (Å²) in [6.45, 7) is 14.6. The van der Waals surface area contributed by atoms with Gasteiger partial charge in [0.2, 0.25) is 0 Å². The van der Waals surface area contributed by atoms with Gasteiger partial charge in [-0.25, -0.2) is 0 Å². The minimum Gasteiger partial charge on any atom is -0.375 e. The van der Waals surface area contributed by atoms with E-state index in [-0.39, 0.29) is 0 Å². The molecule has 0 aromatic carbocycles. The van der Waals surface area contributed by atoms with Crippen LogP contribution in [0.5, 0.6) is 0 Å². The first-order valence-corrected chi connectivity index (χ1v) is 13.7. The van der Waals surface area contributed by atoms with Crippen molar-refractivity contribution >= 4 is 0 Å². The van der Waals surface area contributed by atoms with Gasteiger partial charge in [0.15, 0.2) is 0 Å². The maximum atomic E-state index is 5.71. The zero-order valence-electron chi connectivity index (χ0n) is 23.1. The van der Waals surface area contributed by atoms with Crippen molar-refractivity contribution < 1.29 is 28.4 Å². The van der Waals surface area contributed by atoms with Crippen LogP contribution in [0, 0.1) is 0 Å². The molecule has 0 aromatic rings. The zero-order valence-corrected chi connectivity index (χ0v) is 23.1. The molecule has 0 spiro atoms. The lowest BCUT2D eigenvalue weighted by Gasteiger charge is -2.19. The Morgan fingerprint density at radius 2 is 0.730 bits per heavy atom. The van der Waals surface area contributed by atoms with E-state index in [4.69, 9.17) is 28.4 Å². The molecule has 212 valence electrons. The van der Waals surface area contributed by atoms with Crippen LogP contribution < -0.4 is 0 Å². The summed E-state index contributed by atoms with van der Waals surface area (Å²) in [5.41, 5.74) is 0. The average Bonchev–Trinajstić information content (AvgIpc) is 2.91. The minimum absolute atomic E-state index is 0.373. The second-order valence-electron chi connectivity index (χ2n) is 8.20. The SMILES string of the molecule is C=CCCCC=CCOCCOC(OCCOCC=CCCCC=C)OCCOCC=CCCCC=C. The highest BCUT2D eigenvalue weighted by molar-refractivity contribution is 4.83. The molecule has 0 aliphatic rings. The van der Waals surface area contributed by atoms with Gasteiger partial charge in [-0.1, -0.05) is 54.7 Å². The fourth-order valence-corrected chi connectivity index (χ4v) is 2.91. The fraction of sp³-hybridized carbons (Fsp3) is 0.613. The highest BCUT2D eigenvalue weighted by Gasteiger charge is 2.10. The van der Waals surface area contributed by atoms with E-state index in [1.165, 1.54) is 0 Å². The summed E-state index contributed by atoms with van der Waals surface area (Å²) in [4.78, 5) is 0. The summed E-state index contributed by atoms with van der Waals surface area (Å²) in [7, 11) is 0. The molecule has 0 N–H and O–H groups in total. The number of unbranched alkanes of at least 4 members (excludes halogenated alkanes) is 6. The summed E-state index contributed by atoms with van der Waals surface area (Å²) in [6, 6.07) is 0. The lowest BCUT2D eigenvalue weighted by molar-refractivity contribution is -0.295. The molecule has 0 bridgehead atoms. The van der Waals surface area contributed by atoms with Crippen LogP contribution in [0.1, 0.15) is 57.8 Å². The molecule has 0 saturated carbocycles. The molecule has 0 aliphatic carbocycles. The Balaban J connectivity index is 4.05. The predicted octanol–water partition coefficient (Wildman–Crippen LogP) is 7.11. The van der Waals surface area contributed by atoms with Gasteiger partial charge in [0.1, 0.15) is 0 Å². The molecule has 0 amide bonds. The van der Waals surface area contributed by atoms with Crippen molar-refractivity contribution in [3.8, 4) is 0 Å². The Bertz CT molecular complexity index is 503. The highest BCUT2D eigenvalue weighted by Crippen LogP contribution is 2.01. The highest BCUT2D eigenvalue weighted by atomic mass is 16.8. The third-order valence-electron chi connectivity index (χ3n) is 4.92. The van der Waals surface area contributed by atoms with Crippen LogP contribution in [-0.4, -0.2) is 65.9 Å². The first kappa shape index (κ1) is 35.2. The van der Waals surface area contributed by atoms with Crippen LogP contribution in [0.3, 0.4) is 0 Å². The quantitative estimate of drug-likeness (QED) is 0.0572. The Labute approximate surface area is 226 Å². The third kappa shape index (κ3) is 30.3. The summed E-state index contributed by atoms with van der Waals surface area (Å²) < 4.78 is 33.9. The summed E-state index contributed by atoms with van der Waals surface area (Å²) in [5, 5.41) is 0. The monoisotopic (exact) mass is 520 g/mol. The number of allylic oxidation sites excluding steroid dienone is 6. The van der Waals surface area contributed by atoms with Crippen molar-refractivity contribution in [3.63, 3.8) is 0 Å². The molecule has 37 heavy (non-hydrogen) atoms. The Kier molecular flexibility index (Phi) is 30.7. The van der Waals surface area contributed by atoms with Crippen LogP contribution in [0.4, 0.5) is 0 Å². The van der Waals surface area contributed by atoms with Crippen molar-refractivity contribution in [3.05, 3.63) is 74.4 Å². The van der Waals surface area contributed by atoms with E-state index in [1.807, 2.05) is 36.5 Å². The van der Waals surface area contributed by atoms with E-state index >= 15 is 0 Å². The van der Waals surface area contributed by atoms with Crippen LogP contribution in [0.25, 0.3) is 0 Å². The van der Waals surface area contributed by atoms with E-state index in [2.05, 4.69) is 38.0 Å². The van der Waals surface area contributed by atoms with Gasteiger partial charge in [-0.15, -0.1) is 19.7 Å². The molecule has 0 aromatic heterocycles. The van der Waals surface area contributed by atoms with Crippen molar-refractivity contribution in [1.82, 2.24) is 0 Å². The first-order chi connectivity index (χ1) is 18.3. The van der Waals surface area contributed by atoms with E-state index in [0.29, 0.717) is 59.5 Å². The second-order valence-corrected chi connectivity index (χ2v) is 8.20. The van der Waals surface area contributed by atoms with Gasteiger partial charge in [0.05, 0.1) is 59.5 Å². The standard InChI is InChI=1S/C31H52O6/c1-4-7-10-13-16-19-22-32-25-28-35-31(36-29-26-33-23-20-17-14-11-8-5-2)37-30-27-34-24-21-18-15-12-9-6-3/h4-6,16-21,31H,1-3,7-15,22-30H2. The fourth-order valence-electron chi connectivity index (χ4n) is 2.91. The van der Waals surface area contributed by atoms with Gasteiger partial charge >= 0.3 is 0 Å². The molecule has 0 radical (unpaired) electrons. The predicted molar refractivity (Wildman–Crippen MR) is 154 cm³/mol. The lowest BCUT2D eigenvalue weighted by atomic mass is 10.2. The first-order valence-electron chi connectivity index (χ1n) is 13.7. The van der Waals surface area contributed by atoms with Gasteiger partial charge in [-0.05, 0) is 57.8 Å². The van der Waals surface area contributed by atoms with Crippen LogP contribution >= 0.6 is 0 Å². The zero-order chi connectivity index (χ0) is 26.9. The molecule has 6 heteroatoms. The van der Waals surface area contributed by atoms with Gasteiger partial charge < -0.3 is 28.4 Å². The number of hydrogen-bond donors (Lipinski definition) is 0. The molecule has 0 fully saturated rings. The Morgan fingerprint density at radius 3 is 1.03 bits per heavy atom. The Morgan fingerprint density at radius 1 is 0.405 bits per heavy atom. The van der Waals surface area contributed by atoms with Crippen molar-refractivity contribution in [2.75, 3.05) is 59.5 Å². The van der Waals surface area contributed by atoms with Gasteiger partial charge in [-0.2, -0.15) is 0 Å². The summed E-state index contributed by atoms with van der Waals surface area (Å²) in [6.07, 6.45) is 27.9. The molecule has 0 saturated heterocycles. The molecule has 0 atom stereocenters. The van der Waals surface area contributed by atoms with Crippen molar-refractivity contribution in [1.29, 1.82) is 0 Å². The van der Waals surface area contributed by atoms with Gasteiger partial charge in [0, 0.05) is 0 Å². The van der Waals surface area contributed by atoms with E-state index in [0.717, 1.165) is 57.8 Å². The van der Waals surface area contributed by atoms with Crippen LogP contribution in [0.2, 0.25) is 0 Å². The van der Waals surface area contributed by atoms with E-state index in [9.17, 15) is 0 Å². The van der Waals surface area contributed by atoms with Crippen molar-refractivity contribution in [2.24, 2.45) is 0 Å². The molecular weight excluding hydrogens is 468 g/mol. The maximum absolute atomic E-state index is 5.71. The molecule has 0 aliphatic heterocycles. The molecular formula is C31H52O6. The van der Waals surface area contributed by atoms with E-state index in [1.54, 1.807) is 0 Å². The molecule has 0 rings (SSSR count). The molecule has 6 nitrogen and oxygen atoms in total. The Hall–Kier alpha value is -1.80. The van der Waals surface area contributed by atoms with Crippen LogP contribution in [-0.2, 0) is 28.4 Å². The number of ether oxygens (including phenoxy) is 6. The number of hydrogen-bond acceptors (Lipinski definition) is 6. The normalized spacial score (nSPS) is 12.6. The topological polar surface area (TPSA) is 55.4 Å². The van der Waals surface area contributed by atoms with E-state index < -0.39 is 6.48 Å². The van der Waals surface area contributed by atoms with Crippen LogP contribution in [0.15, 0.2) is 74.4 Å². The average molecular weight is 521 g/mol. The lowest BCUT2D eigenvalue weighted by Crippen LogP contribution is -2.26. The summed E-state index contributed by atoms with van der Waals surface area (Å²) >= 11 is 0. The molecule has 0 unspecified atom stereocenters. The van der Waals surface area contributed by atoms with Crippen molar-refractivity contribution in [2.45, 2.75) is 64.3 Å².